The van der Waals surface area contributed by atoms with Crippen LogP contribution in [0.1, 0.15) is 99.6 Å². The highest BCUT2D eigenvalue weighted by Crippen LogP contribution is 2.85. The van der Waals surface area contributed by atoms with Crippen LogP contribution >= 0.6 is 0 Å². The Morgan fingerprint density at radius 1 is 0.250 bits per heavy atom. The van der Waals surface area contributed by atoms with Crippen molar-refractivity contribution in [1.29, 1.82) is 0 Å². The predicted molar refractivity (Wildman–Crippen MR) is 287 cm³/mol. The zero-order chi connectivity index (χ0) is 46.1. The summed E-state index contributed by atoms with van der Waals surface area (Å²) in [6.45, 7) is 10.1. The highest BCUT2D eigenvalue weighted by Gasteiger charge is 2.82. The minimum absolute atomic E-state index is 0.124. The summed E-state index contributed by atoms with van der Waals surface area (Å²) >= 11 is 0. The molecule has 0 fully saturated rings. The van der Waals surface area contributed by atoms with Gasteiger partial charge in [-0.15, -0.1) is 0 Å². The van der Waals surface area contributed by atoms with E-state index >= 15 is 0 Å². The smallest absolute Gasteiger partial charge is 0.0286 e. The first-order valence-corrected chi connectivity index (χ1v) is 25.4. The van der Waals surface area contributed by atoms with Crippen LogP contribution in [0.4, 0.5) is 0 Å². The molecule has 3 aliphatic carbocycles. The molecule has 0 N–H and O–H groups in total. The van der Waals surface area contributed by atoms with Crippen molar-refractivity contribution in [2.24, 2.45) is 5.41 Å². The summed E-state index contributed by atoms with van der Waals surface area (Å²) in [5, 5.41) is 0. The number of fused-ring (bicyclic) bond motifs is 9. The summed E-state index contributed by atoms with van der Waals surface area (Å²) in [5.74, 6) is 0. The van der Waals surface area contributed by atoms with E-state index in [0.29, 0.717) is 0 Å². The molecule has 4 atom stereocenters. The van der Waals surface area contributed by atoms with Gasteiger partial charge in [0.2, 0.25) is 0 Å². The average molecular weight is 877 g/mol. The fourth-order valence-corrected chi connectivity index (χ4v) is 15.2. The van der Waals surface area contributed by atoms with E-state index in [9.17, 15) is 0 Å². The molecule has 0 saturated heterocycles. The third kappa shape index (κ3) is 5.44. The number of benzene rings is 9. The Labute approximate surface area is 404 Å². The van der Waals surface area contributed by atoms with Crippen molar-refractivity contribution in [2.75, 3.05) is 0 Å². The Bertz CT molecular complexity index is 3200. The van der Waals surface area contributed by atoms with Gasteiger partial charge in [-0.1, -0.05) is 259 Å². The second-order valence-electron chi connectivity index (χ2n) is 20.0. The molecule has 0 nitrogen and oxygen atoms in total. The molecular weight excluding hydrogens is 817 g/mol. The molecule has 0 spiro atoms. The Balaban J connectivity index is 1.31. The van der Waals surface area contributed by atoms with Gasteiger partial charge in [0, 0.05) is 21.7 Å². The molecule has 332 valence electrons. The Morgan fingerprint density at radius 3 is 0.765 bits per heavy atom. The number of hydrogen-bond acceptors (Lipinski definition) is 0. The number of rotatable bonds is 12. The van der Waals surface area contributed by atoms with E-state index in [-0.39, 0.29) is 21.7 Å². The molecule has 9 aromatic carbocycles. The molecule has 12 rings (SSSR count). The maximum absolute atomic E-state index is 2.77. The quantitative estimate of drug-likeness (QED) is 0.115. The van der Waals surface area contributed by atoms with Gasteiger partial charge in [-0.25, -0.2) is 0 Å². The van der Waals surface area contributed by atoms with Gasteiger partial charge in [-0.05, 0) is 125 Å². The summed E-state index contributed by atoms with van der Waals surface area (Å²) in [5.41, 5.74) is 23.6. The molecule has 3 aliphatic rings. The van der Waals surface area contributed by atoms with Gasteiger partial charge in [0.05, 0.1) is 0 Å². The van der Waals surface area contributed by atoms with Crippen molar-refractivity contribution in [3.8, 4) is 66.8 Å². The zero-order valence-electron chi connectivity index (χ0n) is 40.0. The van der Waals surface area contributed by atoms with Crippen LogP contribution in [-0.2, 0) is 16.2 Å². The molecule has 0 aliphatic heterocycles. The molecule has 0 bridgehead atoms. The Kier molecular flexibility index (Phi) is 10.2. The number of hydrogen-bond donors (Lipinski definition) is 0. The first kappa shape index (κ1) is 42.3. The van der Waals surface area contributed by atoms with E-state index in [4.69, 9.17) is 0 Å². The Morgan fingerprint density at radius 2 is 0.485 bits per heavy atom. The predicted octanol–water partition coefficient (Wildman–Crippen LogP) is 18.3. The third-order valence-corrected chi connectivity index (χ3v) is 17.2. The van der Waals surface area contributed by atoms with E-state index in [1.54, 1.807) is 33.4 Å². The second kappa shape index (κ2) is 16.3. The first-order chi connectivity index (χ1) is 33.5. The summed E-state index contributed by atoms with van der Waals surface area (Å²) in [6.07, 6.45) is 6.68. The molecule has 0 heterocycles. The molecule has 0 aromatic heterocycles. The largest absolute Gasteiger partial charge is 0.0653 e. The van der Waals surface area contributed by atoms with Crippen molar-refractivity contribution in [3.05, 3.63) is 252 Å². The van der Waals surface area contributed by atoms with Crippen LogP contribution in [0, 0.1) is 5.41 Å². The molecular formula is C68H60. The van der Waals surface area contributed by atoms with Crippen LogP contribution in [0.2, 0.25) is 0 Å². The Hall–Kier alpha value is -7.02. The van der Waals surface area contributed by atoms with Crippen LogP contribution in [-0.4, -0.2) is 0 Å². The van der Waals surface area contributed by atoms with Crippen LogP contribution in [0.5, 0.6) is 0 Å². The summed E-state index contributed by atoms with van der Waals surface area (Å²) in [6, 6.07) is 83.6. The van der Waals surface area contributed by atoms with E-state index in [0.717, 1.165) is 38.5 Å². The average Bonchev–Trinajstić information content (AvgIpc) is 3.81. The second-order valence-corrected chi connectivity index (χ2v) is 20.0. The van der Waals surface area contributed by atoms with Crippen LogP contribution in [0.3, 0.4) is 0 Å². The summed E-state index contributed by atoms with van der Waals surface area (Å²) in [7, 11) is 0. The van der Waals surface area contributed by atoms with E-state index < -0.39 is 0 Å². The van der Waals surface area contributed by atoms with E-state index in [2.05, 4.69) is 246 Å². The standard InChI is InChI=1S/C68H60/c1-5-43-66-53-37-23-24-38-54(53)67(44-6-2)57-42-41-52(46-58(57)68(45-7-3,65(66,67)4)56-40-26-25-39-55(56)66)64-62(50-33-19-11-20-34-50)60(48-29-15-9-16-30-48)59(47-27-13-8-14-28-47)61(49-31-17-10-18-32-49)63(64)51-35-21-12-22-36-51/h8-42,46H,5-7,43-45H2,1-4H3/t65-,66+,67-,68+/m1/s1. The van der Waals surface area contributed by atoms with Crippen molar-refractivity contribution < 1.29 is 0 Å². The van der Waals surface area contributed by atoms with Crippen LogP contribution in [0.15, 0.2) is 218 Å². The molecule has 0 saturated carbocycles. The topological polar surface area (TPSA) is 0 Å². The van der Waals surface area contributed by atoms with Gasteiger partial charge in [0.15, 0.2) is 0 Å². The van der Waals surface area contributed by atoms with E-state index in [1.807, 2.05) is 0 Å². The van der Waals surface area contributed by atoms with Gasteiger partial charge in [0.25, 0.3) is 0 Å². The minimum atomic E-state index is -0.221. The first-order valence-electron chi connectivity index (χ1n) is 25.4. The normalized spacial score (nSPS) is 21.5. The highest BCUT2D eigenvalue weighted by atomic mass is 14.8. The van der Waals surface area contributed by atoms with Crippen molar-refractivity contribution in [3.63, 3.8) is 0 Å². The third-order valence-electron chi connectivity index (χ3n) is 17.2. The molecule has 9 aromatic rings. The SMILES string of the molecule is CCC[C@]12c3ccccc3[C@]3(CCC)c4ccc(-c5c(-c6ccccc6)c(-c6ccccc6)c(-c6ccccc6)c(-c6ccccc6)c5-c5ccccc5)cc4[C@](CCC)(c4ccccc41)[C@]23C. The molecule has 0 radical (unpaired) electrons. The van der Waals surface area contributed by atoms with Crippen molar-refractivity contribution in [2.45, 2.75) is 82.5 Å². The summed E-state index contributed by atoms with van der Waals surface area (Å²) < 4.78 is 0. The van der Waals surface area contributed by atoms with Gasteiger partial charge < -0.3 is 0 Å². The lowest BCUT2D eigenvalue weighted by atomic mass is 9.48. The fourth-order valence-electron chi connectivity index (χ4n) is 15.2. The maximum atomic E-state index is 2.77. The van der Waals surface area contributed by atoms with Gasteiger partial charge in [-0.3, -0.25) is 0 Å². The molecule has 0 unspecified atom stereocenters. The monoisotopic (exact) mass is 876 g/mol. The van der Waals surface area contributed by atoms with E-state index in [1.165, 1.54) is 66.8 Å². The lowest BCUT2D eigenvalue weighted by Gasteiger charge is -2.53. The highest BCUT2D eigenvalue weighted by molar-refractivity contribution is 6.15. The maximum Gasteiger partial charge on any atom is 0.0286 e. The van der Waals surface area contributed by atoms with Crippen LogP contribution < -0.4 is 0 Å². The lowest BCUT2D eigenvalue weighted by Crippen LogP contribution is -2.54. The minimum Gasteiger partial charge on any atom is -0.0653 e. The van der Waals surface area contributed by atoms with Gasteiger partial charge in [0.1, 0.15) is 0 Å². The van der Waals surface area contributed by atoms with Crippen molar-refractivity contribution >= 4 is 0 Å². The molecule has 68 heavy (non-hydrogen) atoms. The molecule has 0 amide bonds. The van der Waals surface area contributed by atoms with Gasteiger partial charge in [-0.2, -0.15) is 0 Å². The van der Waals surface area contributed by atoms with Gasteiger partial charge >= 0.3 is 0 Å². The molecule has 0 heteroatoms. The zero-order valence-corrected chi connectivity index (χ0v) is 40.0. The van der Waals surface area contributed by atoms with Crippen molar-refractivity contribution in [1.82, 2.24) is 0 Å². The lowest BCUT2D eigenvalue weighted by molar-refractivity contribution is 0.0540. The van der Waals surface area contributed by atoms with Crippen LogP contribution in [0.25, 0.3) is 66.8 Å². The summed E-state index contributed by atoms with van der Waals surface area (Å²) in [4.78, 5) is 0. The fraction of sp³-hybridized carbons (Fsp3) is 0.206.